The van der Waals surface area contributed by atoms with Crippen LogP contribution in [0.5, 0.6) is 11.5 Å². The van der Waals surface area contributed by atoms with Crippen LogP contribution in [0.3, 0.4) is 0 Å². The predicted molar refractivity (Wildman–Crippen MR) is 123 cm³/mol. The van der Waals surface area contributed by atoms with Crippen LogP contribution in [-0.2, 0) is 9.53 Å². The van der Waals surface area contributed by atoms with Crippen LogP contribution >= 0.6 is 0 Å². The van der Waals surface area contributed by atoms with Gasteiger partial charge in [-0.3, -0.25) is 9.69 Å². The Morgan fingerprint density at radius 3 is 1.69 bits per heavy atom. The van der Waals surface area contributed by atoms with Gasteiger partial charge in [0, 0.05) is 11.1 Å². The van der Waals surface area contributed by atoms with Gasteiger partial charge in [0.15, 0.2) is 5.78 Å². The number of ether oxygens (including phenoxy) is 3. The molecule has 166 valence electrons. The Hall–Kier alpha value is -3.54. The van der Waals surface area contributed by atoms with Crippen LogP contribution in [0.4, 0.5) is 4.79 Å². The van der Waals surface area contributed by atoms with Gasteiger partial charge in [-0.15, -0.1) is 0 Å². The summed E-state index contributed by atoms with van der Waals surface area (Å²) in [6.07, 6.45) is 4.81. The van der Waals surface area contributed by atoms with Gasteiger partial charge in [0.05, 0.1) is 32.9 Å². The summed E-state index contributed by atoms with van der Waals surface area (Å²) in [7, 11) is 3.23. The van der Waals surface area contributed by atoms with E-state index in [9.17, 15) is 9.59 Å². The fraction of sp³-hybridized carbons (Fsp3) is 0.308. The highest BCUT2D eigenvalue weighted by Crippen LogP contribution is 2.42. The highest BCUT2D eigenvalue weighted by atomic mass is 16.6. The third-order valence-electron chi connectivity index (χ3n) is 5.98. The summed E-state index contributed by atoms with van der Waals surface area (Å²) in [4.78, 5) is 28.2. The molecule has 2 aliphatic rings. The zero-order chi connectivity index (χ0) is 22.7. The molecular weight excluding hydrogens is 406 g/mol. The minimum atomic E-state index is -0.381. The predicted octanol–water partition coefficient (Wildman–Crippen LogP) is 4.74. The molecule has 0 aliphatic carbocycles. The number of piperidine rings is 1. The monoisotopic (exact) mass is 433 g/mol. The van der Waals surface area contributed by atoms with Gasteiger partial charge in [-0.2, -0.15) is 0 Å². The van der Waals surface area contributed by atoms with Crippen LogP contribution in [0, 0.1) is 0 Å². The zero-order valence-corrected chi connectivity index (χ0v) is 18.5. The Kier molecular flexibility index (Phi) is 6.30. The highest BCUT2D eigenvalue weighted by molar-refractivity contribution is 6.16. The lowest BCUT2D eigenvalue weighted by atomic mass is 9.88. The maximum absolute atomic E-state index is 13.6. The van der Waals surface area contributed by atoms with Crippen molar-refractivity contribution in [3.63, 3.8) is 0 Å². The van der Waals surface area contributed by atoms with E-state index < -0.39 is 0 Å². The largest absolute Gasteiger partial charge is 0.497 e. The van der Waals surface area contributed by atoms with Crippen LogP contribution in [-0.4, -0.2) is 49.7 Å². The summed E-state index contributed by atoms with van der Waals surface area (Å²) >= 11 is 0. The molecule has 32 heavy (non-hydrogen) atoms. The summed E-state index contributed by atoms with van der Waals surface area (Å²) in [5.74, 6) is 1.47. The van der Waals surface area contributed by atoms with Crippen molar-refractivity contribution in [3.8, 4) is 11.5 Å². The number of carbonyl (C=O) groups is 2. The van der Waals surface area contributed by atoms with Crippen molar-refractivity contribution in [1.29, 1.82) is 0 Å². The molecule has 0 radical (unpaired) electrons. The van der Waals surface area contributed by atoms with Crippen molar-refractivity contribution in [2.75, 3.05) is 20.8 Å². The minimum absolute atomic E-state index is 0.0234. The standard InChI is InChI=1S/C26H27NO5/c1-4-32-26(29)27-23-13-14-24(27)22(16-18-7-11-20(31-3)12-8-18)25(28)21(23)15-17-5-9-19(30-2)10-6-17/h5-12,15-16,23-24H,4,13-14H2,1-3H3/b21-15+,22-16?/t23-,24+/m0/s1. The Morgan fingerprint density at radius 1 is 0.875 bits per heavy atom. The summed E-state index contributed by atoms with van der Waals surface area (Å²) in [5, 5.41) is 0. The summed E-state index contributed by atoms with van der Waals surface area (Å²) in [6, 6.07) is 14.5. The molecule has 2 saturated heterocycles. The Balaban J connectivity index is 1.77. The van der Waals surface area contributed by atoms with E-state index in [1.165, 1.54) is 0 Å². The number of nitrogens with zero attached hydrogens (tertiary/aromatic N) is 1. The normalized spacial score (nSPS) is 22.3. The van der Waals surface area contributed by atoms with E-state index in [0.717, 1.165) is 35.5 Å². The molecule has 4 rings (SSSR count). The number of carbonyl (C=O) groups excluding carboxylic acids is 2. The number of ketones is 1. The van der Waals surface area contributed by atoms with Crippen molar-refractivity contribution in [3.05, 3.63) is 70.8 Å². The molecular formula is C26H27NO5. The number of hydrogen-bond donors (Lipinski definition) is 0. The van der Waals surface area contributed by atoms with Crippen LogP contribution in [0.25, 0.3) is 12.2 Å². The second-order valence-electron chi connectivity index (χ2n) is 7.79. The number of hydrogen-bond acceptors (Lipinski definition) is 5. The van der Waals surface area contributed by atoms with Gasteiger partial charge < -0.3 is 14.2 Å². The average Bonchev–Trinajstić information content (AvgIpc) is 3.21. The van der Waals surface area contributed by atoms with E-state index in [4.69, 9.17) is 14.2 Å². The fourth-order valence-corrected chi connectivity index (χ4v) is 4.43. The number of Topliss-reactive ketones (excluding diaryl/α,β-unsaturated/α-hetero) is 1. The molecule has 2 aromatic carbocycles. The molecule has 0 saturated carbocycles. The van der Waals surface area contributed by atoms with Gasteiger partial charge in [0.25, 0.3) is 0 Å². The summed E-state index contributed by atoms with van der Waals surface area (Å²) < 4.78 is 15.8. The third kappa shape index (κ3) is 4.13. The molecule has 2 aromatic rings. The number of benzene rings is 2. The first kappa shape index (κ1) is 21.7. The molecule has 0 aromatic heterocycles. The Labute approximate surface area is 188 Å². The fourth-order valence-electron chi connectivity index (χ4n) is 4.43. The second kappa shape index (κ2) is 9.30. The number of rotatable bonds is 5. The van der Waals surface area contributed by atoms with E-state index in [1.54, 1.807) is 26.0 Å². The number of methoxy groups -OCH3 is 2. The maximum Gasteiger partial charge on any atom is 0.410 e. The molecule has 2 bridgehead atoms. The molecule has 6 nitrogen and oxygen atoms in total. The maximum atomic E-state index is 13.6. The molecule has 1 amide bonds. The van der Waals surface area contributed by atoms with E-state index >= 15 is 0 Å². The zero-order valence-electron chi connectivity index (χ0n) is 18.5. The SMILES string of the molecule is CCOC(=O)N1[C@@H]2CC[C@H]1/C(=C\c1ccc(OC)cc1)C(=O)C2=Cc1ccc(OC)cc1. The van der Waals surface area contributed by atoms with Crippen molar-refractivity contribution in [1.82, 2.24) is 4.90 Å². The van der Waals surface area contributed by atoms with Gasteiger partial charge in [-0.25, -0.2) is 4.79 Å². The van der Waals surface area contributed by atoms with Crippen LogP contribution < -0.4 is 9.47 Å². The molecule has 0 spiro atoms. The van der Waals surface area contributed by atoms with E-state index in [0.29, 0.717) is 11.1 Å². The van der Waals surface area contributed by atoms with E-state index in [1.807, 2.05) is 60.7 Å². The number of fused-ring (bicyclic) bond motifs is 2. The minimum Gasteiger partial charge on any atom is -0.497 e. The van der Waals surface area contributed by atoms with Gasteiger partial charge in [-0.1, -0.05) is 24.3 Å². The number of amides is 1. The molecule has 2 atom stereocenters. The average molecular weight is 434 g/mol. The van der Waals surface area contributed by atoms with Crippen molar-refractivity contribution in [2.45, 2.75) is 31.8 Å². The highest BCUT2D eigenvalue weighted by Gasteiger charge is 2.49. The molecule has 0 unspecified atom stereocenters. The Morgan fingerprint density at radius 2 is 1.31 bits per heavy atom. The van der Waals surface area contributed by atoms with E-state index in [2.05, 4.69) is 0 Å². The van der Waals surface area contributed by atoms with Gasteiger partial charge in [-0.05, 0) is 67.3 Å². The Bertz CT molecular complexity index is 977. The van der Waals surface area contributed by atoms with Crippen molar-refractivity contribution >= 4 is 24.0 Å². The molecule has 2 heterocycles. The molecule has 2 aliphatic heterocycles. The lowest BCUT2D eigenvalue weighted by Crippen LogP contribution is -2.49. The first-order valence-corrected chi connectivity index (χ1v) is 10.8. The first-order chi connectivity index (χ1) is 15.5. The molecule has 6 heteroatoms. The summed E-state index contributed by atoms with van der Waals surface area (Å²) in [5.41, 5.74) is 2.98. The smallest absolute Gasteiger partial charge is 0.410 e. The topological polar surface area (TPSA) is 65.1 Å². The van der Waals surface area contributed by atoms with E-state index in [-0.39, 0.29) is 30.6 Å². The first-order valence-electron chi connectivity index (χ1n) is 10.8. The molecule has 2 fully saturated rings. The second-order valence-corrected chi connectivity index (χ2v) is 7.79. The summed E-state index contributed by atoms with van der Waals surface area (Å²) in [6.45, 7) is 2.08. The third-order valence-corrected chi connectivity index (χ3v) is 5.98. The van der Waals surface area contributed by atoms with Gasteiger partial charge >= 0.3 is 6.09 Å². The van der Waals surface area contributed by atoms with Gasteiger partial charge in [0.2, 0.25) is 0 Å². The quantitative estimate of drug-likeness (QED) is 0.637. The van der Waals surface area contributed by atoms with Crippen molar-refractivity contribution in [2.24, 2.45) is 0 Å². The lowest BCUT2D eigenvalue weighted by molar-refractivity contribution is -0.114. The van der Waals surface area contributed by atoms with Crippen molar-refractivity contribution < 1.29 is 23.8 Å². The van der Waals surface area contributed by atoms with Crippen LogP contribution in [0.2, 0.25) is 0 Å². The molecule has 0 N–H and O–H groups in total. The lowest BCUT2D eigenvalue weighted by Gasteiger charge is -2.36. The van der Waals surface area contributed by atoms with Crippen LogP contribution in [0.1, 0.15) is 30.9 Å². The van der Waals surface area contributed by atoms with Gasteiger partial charge in [0.1, 0.15) is 11.5 Å². The van der Waals surface area contributed by atoms with Crippen LogP contribution in [0.15, 0.2) is 59.7 Å².